The molecule has 1 heterocycles. The van der Waals surface area contributed by atoms with Crippen molar-refractivity contribution in [1.82, 2.24) is 10.2 Å². The van der Waals surface area contributed by atoms with Crippen LogP contribution in [-0.2, 0) is 13.0 Å². The molecule has 0 unspecified atom stereocenters. The molecule has 0 saturated carbocycles. The highest BCUT2D eigenvalue weighted by atomic mass is 35.5. The number of alkyl halides is 1. The van der Waals surface area contributed by atoms with Crippen LogP contribution in [0.3, 0.4) is 0 Å². The van der Waals surface area contributed by atoms with Crippen molar-refractivity contribution < 1.29 is 4.42 Å². The van der Waals surface area contributed by atoms with E-state index in [-0.39, 0.29) is 0 Å². The third-order valence-electron chi connectivity index (χ3n) is 2.42. The summed E-state index contributed by atoms with van der Waals surface area (Å²) in [5.41, 5.74) is 1.12. The fraction of sp³-hybridized carbons (Fsp3) is 0.333. The third-order valence-corrected chi connectivity index (χ3v) is 2.87. The van der Waals surface area contributed by atoms with Gasteiger partial charge in [-0.3, -0.25) is 0 Å². The Hall–Kier alpha value is -1.26. The standard InChI is InChI=1S/C12H13Cl2N3O/c1-17(8-9-2-4-10(14)5-3-9)12-16-15-11(18-12)6-7-13/h2-5H,6-8H2,1H3. The molecular weight excluding hydrogens is 273 g/mol. The zero-order chi connectivity index (χ0) is 13.0. The van der Waals surface area contributed by atoms with Crippen molar-refractivity contribution in [2.75, 3.05) is 17.8 Å². The van der Waals surface area contributed by atoms with Gasteiger partial charge in [0.1, 0.15) is 0 Å². The van der Waals surface area contributed by atoms with E-state index in [9.17, 15) is 0 Å². The summed E-state index contributed by atoms with van der Waals surface area (Å²) in [7, 11) is 1.90. The first-order valence-electron chi connectivity index (χ1n) is 5.53. The molecule has 0 saturated heterocycles. The van der Waals surface area contributed by atoms with E-state index in [2.05, 4.69) is 10.2 Å². The molecule has 1 aromatic carbocycles. The average Bonchev–Trinajstić information content (AvgIpc) is 2.81. The first-order chi connectivity index (χ1) is 8.69. The molecule has 2 aromatic rings. The van der Waals surface area contributed by atoms with Crippen LogP contribution in [-0.4, -0.2) is 23.1 Å². The Morgan fingerprint density at radius 3 is 2.61 bits per heavy atom. The largest absolute Gasteiger partial charge is 0.408 e. The summed E-state index contributed by atoms with van der Waals surface area (Å²) in [5, 5.41) is 8.62. The Bertz CT molecular complexity index is 498. The highest BCUT2D eigenvalue weighted by molar-refractivity contribution is 6.30. The lowest BCUT2D eigenvalue weighted by atomic mass is 10.2. The van der Waals surface area contributed by atoms with Crippen LogP contribution in [0.5, 0.6) is 0 Å². The van der Waals surface area contributed by atoms with Crippen molar-refractivity contribution in [3.8, 4) is 0 Å². The maximum Gasteiger partial charge on any atom is 0.318 e. The van der Waals surface area contributed by atoms with Gasteiger partial charge >= 0.3 is 6.01 Å². The molecular formula is C12H13Cl2N3O. The van der Waals surface area contributed by atoms with Crippen molar-refractivity contribution in [1.29, 1.82) is 0 Å². The number of aromatic nitrogens is 2. The minimum absolute atomic E-state index is 0.475. The fourth-order valence-electron chi connectivity index (χ4n) is 1.51. The fourth-order valence-corrected chi connectivity index (χ4v) is 1.80. The van der Waals surface area contributed by atoms with Gasteiger partial charge in [-0.15, -0.1) is 16.7 Å². The first-order valence-corrected chi connectivity index (χ1v) is 6.44. The minimum atomic E-state index is 0.475. The average molecular weight is 286 g/mol. The number of rotatable bonds is 5. The van der Waals surface area contributed by atoms with Crippen molar-refractivity contribution in [2.45, 2.75) is 13.0 Å². The van der Waals surface area contributed by atoms with E-state index in [0.29, 0.717) is 30.8 Å². The minimum Gasteiger partial charge on any atom is -0.408 e. The van der Waals surface area contributed by atoms with E-state index in [1.807, 2.05) is 36.2 Å². The molecule has 0 fully saturated rings. The second kappa shape index (κ2) is 6.07. The highest BCUT2D eigenvalue weighted by Gasteiger charge is 2.10. The lowest BCUT2D eigenvalue weighted by Gasteiger charge is -2.13. The van der Waals surface area contributed by atoms with Crippen LogP contribution in [0.25, 0.3) is 0 Å². The molecule has 1 aromatic heterocycles. The van der Waals surface area contributed by atoms with Crippen molar-refractivity contribution >= 4 is 29.2 Å². The zero-order valence-corrected chi connectivity index (χ0v) is 11.4. The topological polar surface area (TPSA) is 42.2 Å². The van der Waals surface area contributed by atoms with Gasteiger partial charge in [-0.05, 0) is 17.7 Å². The summed E-state index contributed by atoms with van der Waals surface area (Å²) in [6, 6.07) is 8.14. The summed E-state index contributed by atoms with van der Waals surface area (Å²) in [5.74, 6) is 1.03. The lowest BCUT2D eigenvalue weighted by Crippen LogP contribution is -2.16. The predicted molar refractivity (Wildman–Crippen MR) is 72.3 cm³/mol. The summed E-state index contributed by atoms with van der Waals surface area (Å²) in [6.45, 7) is 0.680. The highest BCUT2D eigenvalue weighted by Crippen LogP contribution is 2.16. The maximum absolute atomic E-state index is 5.84. The number of aryl methyl sites for hydroxylation is 1. The molecule has 6 heteroatoms. The van der Waals surface area contributed by atoms with Gasteiger partial charge in [0, 0.05) is 30.9 Å². The van der Waals surface area contributed by atoms with E-state index in [4.69, 9.17) is 27.6 Å². The Kier molecular flexibility index (Phi) is 4.44. The maximum atomic E-state index is 5.84. The molecule has 96 valence electrons. The van der Waals surface area contributed by atoms with Crippen molar-refractivity contribution in [2.24, 2.45) is 0 Å². The van der Waals surface area contributed by atoms with Gasteiger partial charge in [0.05, 0.1) is 0 Å². The van der Waals surface area contributed by atoms with E-state index in [1.54, 1.807) is 0 Å². The molecule has 0 radical (unpaired) electrons. The van der Waals surface area contributed by atoms with Crippen LogP contribution in [0.2, 0.25) is 5.02 Å². The lowest BCUT2D eigenvalue weighted by molar-refractivity contribution is 0.495. The zero-order valence-electron chi connectivity index (χ0n) is 9.94. The van der Waals surface area contributed by atoms with Gasteiger partial charge < -0.3 is 9.32 Å². The van der Waals surface area contributed by atoms with Crippen molar-refractivity contribution in [3.05, 3.63) is 40.7 Å². The Labute approximate surface area is 116 Å². The summed E-state index contributed by atoms with van der Waals surface area (Å²) in [6.07, 6.45) is 0.587. The molecule has 0 aliphatic heterocycles. The SMILES string of the molecule is CN(Cc1ccc(Cl)cc1)c1nnc(CCCl)o1. The monoisotopic (exact) mass is 285 g/mol. The smallest absolute Gasteiger partial charge is 0.318 e. The molecule has 4 nitrogen and oxygen atoms in total. The van der Waals surface area contributed by atoms with Crippen LogP contribution in [0.4, 0.5) is 6.01 Å². The Morgan fingerprint density at radius 2 is 1.94 bits per heavy atom. The predicted octanol–water partition coefficient (Wildman–Crippen LogP) is 3.14. The quantitative estimate of drug-likeness (QED) is 0.792. The molecule has 0 aliphatic carbocycles. The number of nitrogens with zero attached hydrogens (tertiary/aromatic N) is 3. The van der Waals surface area contributed by atoms with Gasteiger partial charge in [-0.2, -0.15) is 0 Å². The third kappa shape index (κ3) is 3.37. The van der Waals surface area contributed by atoms with E-state index >= 15 is 0 Å². The van der Waals surface area contributed by atoms with E-state index in [1.165, 1.54) is 0 Å². The summed E-state index contributed by atoms with van der Waals surface area (Å²) in [4.78, 5) is 1.88. The Balaban J connectivity index is 2.02. The molecule has 0 aliphatic rings. The van der Waals surface area contributed by atoms with Gasteiger partial charge in [0.25, 0.3) is 0 Å². The van der Waals surface area contributed by atoms with Crippen LogP contribution < -0.4 is 4.90 Å². The first kappa shape index (κ1) is 13.2. The molecule has 0 amide bonds. The van der Waals surface area contributed by atoms with Gasteiger partial charge in [0.15, 0.2) is 0 Å². The Morgan fingerprint density at radius 1 is 1.22 bits per heavy atom. The molecule has 0 bridgehead atoms. The second-order valence-corrected chi connectivity index (χ2v) is 4.71. The van der Waals surface area contributed by atoms with Crippen molar-refractivity contribution in [3.63, 3.8) is 0 Å². The van der Waals surface area contributed by atoms with Gasteiger partial charge in [-0.1, -0.05) is 28.8 Å². The molecule has 2 rings (SSSR count). The van der Waals surface area contributed by atoms with Gasteiger partial charge in [0.2, 0.25) is 5.89 Å². The van der Waals surface area contributed by atoms with Crippen LogP contribution in [0.1, 0.15) is 11.5 Å². The molecule has 18 heavy (non-hydrogen) atoms. The van der Waals surface area contributed by atoms with Gasteiger partial charge in [-0.25, -0.2) is 0 Å². The number of hydrogen-bond donors (Lipinski definition) is 0. The molecule has 0 spiro atoms. The van der Waals surface area contributed by atoms with E-state index < -0.39 is 0 Å². The number of benzene rings is 1. The van der Waals surface area contributed by atoms with Crippen LogP contribution >= 0.6 is 23.2 Å². The number of halogens is 2. The summed E-state index contributed by atoms with van der Waals surface area (Å²) >= 11 is 11.5. The number of hydrogen-bond acceptors (Lipinski definition) is 4. The molecule has 0 atom stereocenters. The van der Waals surface area contributed by atoms with Crippen LogP contribution in [0.15, 0.2) is 28.7 Å². The number of anilines is 1. The van der Waals surface area contributed by atoms with Crippen LogP contribution in [0, 0.1) is 0 Å². The van der Waals surface area contributed by atoms with E-state index in [0.717, 1.165) is 10.6 Å². The summed E-state index contributed by atoms with van der Waals surface area (Å²) < 4.78 is 5.47. The second-order valence-electron chi connectivity index (χ2n) is 3.90. The molecule has 0 N–H and O–H groups in total. The normalized spacial score (nSPS) is 10.6.